The van der Waals surface area contributed by atoms with Crippen LogP contribution in [-0.4, -0.2) is 30.5 Å². The first-order valence-corrected chi connectivity index (χ1v) is 11.2. The lowest BCUT2D eigenvalue weighted by molar-refractivity contribution is -0.116. The fraction of sp³-hybridized carbons (Fsp3) is 0.200. The van der Waals surface area contributed by atoms with Crippen molar-refractivity contribution < 1.29 is 9.21 Å². The molecule has 0 aliphatic carbocycles. The van der Waals surface area contributed by atoms with E-state index in [1.54, 1.807) is 17.1 Å². The van der Waals surface area contributed by atoms with Crippen LogP contribution in [0.15, 0.2) is 59.3 Å². The summed E-state index contributed by atoms with van der Waals surface area (Å²) >= 11 is 5.99. The average Bonchev–Trinajstić information content (AvgIpc) is 3.52. The van der Waals surface area contributed by atoms with Crippen LogP contribution in [0.3, 0.4) is 0 Å². The number of hydrogen-bond acceptors (Lipinski definition) is 5. The second-order valence-electron chi connectivity index (χ2n) is 8.16. The van der Waals surface area contributed by atoms with Gasteiger partial charge in [-0.15, -0.1) is 0 Å². The Morgan fingerprint density at radius 2 is 1.79 bits per heavy atom. The molecule has 0 bridgehead atoms. The Hall–Kier alpha value is -3.91. The van der Waals surface area contributed by atoms with Gasteiger partial charge >= 0.3 is 0 Å². The van der Waals surface area contributed by atoms with Crippen LogP contribution in [0.2, 0.25) is 5.02 Å². The van der Waals surface area contributed by atoms with Crippen LogP contribution in [0.25, 0.3) is 22.4 Å². The monoisotopic (exact) mass is 474 g/mol. The Bertz CT molecular complexity index is 1480. The van der Waals surface area contributed by atoms with Gasteiger partial charge in [0.2, 0.25) is 5.91 Å². The summed E-state index contributed by atoms with van der Waals surface area (Å²) in [6.07, 6.45) is 3.33. The van der Waals surface area contributed by atoms with E-state index >= 15 is 0 Å². The molecule has 0 spiro atoms. The average molecular weight is 475 g/mol. The maximum Gasteiger partial charge on any atom is 0.246 e. The van der Waals surface area contributed by atoms with Gasteiger partial charge in [-0.2, -0.15) is 10.2 Å². The van der Waals surface area contributed by atoms with Gasteiger partial charge in [0.15, 0.2) is 5.65 Å². The van der Waals surface area contributed by atoms with Gasteiger partial charge in [0.25, 0.3) is 0 Å². The molecule has 0 radical (unpaired) electrons. The van der Waals surface area contributed by atoms with E-state index in [0.29, 0.717) is 22.9 Å². The number of fused-ring (bicyclic) bond motifs is 1. The molecule has 1 amide bonds. The number of benzene rings is 1. The lowest BCUT2D eigenvalue weighted by atomic mass is 10.1. The molecule has 1 aromatic carbocycles. The summed E-state index contributed by atoms with van der Waals surface area (Å²) < 4.78 is 9.06. The van der Waals surface area contributed by atoms with Gasteiger partial charge in [0.05, 0.1) is 41.0 Å². The van der Waals surface area contributed by atoms with E-state index in [9.17, 15) is 4.79 Å². The first kappa shape index (κ1) is 21.9. The van der Waals surface area contributed by atoms with Gasteiger partial charge < -0.3 is 9.73 Å². The Labute approximate surface area is 201 Å². The fourth-order valence-corrected chi connectivity index (χ4v) is 4.26. The third kappa shape index (κ3) is 4.08. The number of pyridine rings is 1. The number of hydrogen-bond donors (Lipinski definition) is 1. The number of aryl methyl sites for hydroxylation is 2. The number of anilines is 1. The molecule has 4 heterocycles. The van der Waals surface area contributed by atoms with Crippen LogP contribution in [0, 0.1) is 20.8 Å². The second-order valence-corrected chi connectivity index (χ2v) is 8.59. The smallest absolute Gasteiger partial charge is 0.246 e. The predicted octanol–water partition coefficient (Wildman–Crippen LogP) is 5.15. The summed E-state index contributed by atoms with van der Waals surface area (Å²) in [4.78, 5) is 17.5. The fourth-order valence-electron chi connectivity index (χ4n) is 4.14. The number of nitrogens with zero attached hydrogens (tertiary/aromatic N) is 5. The minimum absolute atomic E-state index is 0.0280. The summed E-state index contributed by atoms with van der Waals surface area (Å²) in [6.45, 7) is 6.34. The molecular weight excluding hydrogens is 452 g/mol. The quantitative estimate of drug-likeness (QED) is 0.367. The number of furan rings is 1. The van der Waals surface area contributed by atoms with Crippen molar-refractivity contribution in [2.24, 2.45) is 0 Å². The first-order chi connectivity index (χ1) is 16.4. The molecule has 0 aliphatic heterocycles. The summed E-state index contributed by atoms with van der Waals surface area (Å²) in [5, 5.41) is 13.7. The number of halogens is 1. The van der Waals surface area contributed by atoms with Crippen molar-refractivity contribution in [3.63, 3.8) is 0 Å². The van der Waals surface area contributed by atoms with E-state index in [2.05, 4.69) is 20.5 Å². The highest BCUT2D eigenvalue weighted by Crippen LogP contribution is 2.30. The third-order valence-electron chi connectivity index (χ3n) is 5.78. The third-order valence-corrected chi connectivity index (χ3v) is 6.03. The highest BCUT2D eigenvalue weighted by atomic mass is 35.5. The van der Waals surface area contributed by atoms with Crippen molar-refractivity contribution in [3.8, 4) is 11.3 Å². The van der Waals surface area contributed by atoms with Crippen LogP contribution >= 0.6 is 11.6 Å². The van der Waals surface area contributed by atoms with Crippen molar-refractivity contribution in [1.82, 2.24) is 24.5 Å². The summed E-state index contributed by atoms with van der Waals surface area (Å²) in [7, 11) is 0. The first-order valence-electron chi connectivity index (χ1n) is 10.8. The molecule has 0 saturated carbocycles. The zero-order valence-corrected chi connectivity index (χ0v) is 19.8. The van der Waals surface area contributed by atoms with Gasteiger partial charge in [0.1, 0.15) is 12.3 Å². The molecule has 9 heteroatoms. The molecule has 0 aliphatic rings. The Morgan fingerprint density at radius 3 is 2.53 bits per heavy atom. The van der Waals surface area contributed by atoms with Gasteiger partial charge in [-0.1, -0.05) is 23.7 Å². The van der Waals surface area contributed by atoms with Gasteiger partial charge in [-0.3, -0.25) is 9.48 Å². The van der Waals surface area contributed by atoms with Crippen molar-refractivity contribution in [2.75, 3.05) is 5.32 Å². The van der Waals surface area contributed by atoms with Gasteiger partial charge in [-0.25, -0.2) is 9.67 Å². The van der Waals surface area contributed by atoms with Crippen LogP contribution in [0.1, 0.15) is 22.6 Å². The lowest BCUT2D eigenvalue weighted by Gasteiger charge is -2.08. The normalized spacial score (nSPS) is 11.3. The molecule has 1 N–H and O–H groups in total. The molecule has 8 nitrogen and oxygen atoms in total. The molecule has 0 fully saturated rings. The Morgan fingerprint density at radius 1 is 1.03 bits per heavy atom. The maximum absolute atomic E-state index is 13.0. The molecule has 172 valence electrons. The van der Waals surface area contributed by atoms with Gasteiger partial charge in [-0.05, 0) is 56.7 Å². The number of aromatic nitrogens is 5. The minimum atomic E-state index is -0.202. The van der Waals surface area contributed by atoms with E-state index in [1.807, 2.05) is 67.9 Å². The zero-order chi connectivity index (χ0) is 23.8. The molecule has 0 atom stereocenters. The molecule has 5 rings (SSSR count). The van der Waals surface area contributed by atoms with E-state index < -0.39 is 0 Å². The number of carbonyl (C=O) groups excluding carboxylic acids is 1. The predicted molar refractivity (Wildman–Crippen MR) is 131 cm³/mol. The second kappa shape index (κ2) is 8.79. The standard InChI is InChI=1S/C25H23ClN6O2/c1-15-23-20(21-5-4-12-34-21)10-11-27-25(23)32(29-15)14-22(33)28-24-16(2)30-31(17(24)3)13-18-6-8-19(26)9-7-18/h4-12H,13-14H2,1-3H3,(H,28,33). The highest BCUT2D eigenvalue weighted by Gasteiger charge is 2.19. The van der Waals surface area contributed by atoms with Crippen molar-refractivity contribution in [3.05, 3.63) is 82.6 Å². The van der Waals surface area contributed by atoms with Crippen molar-refractivity contribution >= 4 is 34.2 Å². The van der Waals surface area contributed by atoms with Crippen LogP contribution in [0.5, 0.6) is 0 Å². The lowest BCUT2D eigenvalue weighted by Crippen LogP contribution is -2.20. The summed E-state index contributed by atoms with van der Waals surface area (Å²) in [5.41, 5.74) is 5.72. The minimum Gasteiger partial charge on any atom is -0.464 e. The number of carbonyl (C=O) groups is 1. The van der Waals surface area contributed by atoms with E-state index in [4.69, 9.17) is 16.0 Å². The summed E-state index contributed by atoms with van der Waals surface area (Å²) in [6, 6.07) is 13.3. The summed E-state index contributed by atoms with van der Waals surface area (Å²) in [5.74, 6) is 0.533. The number of rotatable bonds is 6. The molecule has 34 heavy (non-hydrogen) atoms. The van der Waals surface area contributed by atoms with E-state index in [-0.39, 0.29) is 12.5 Å². The Kier molecular flexibility index (Phi) is 5.67. The topological polar surface area (TPSA) is 90.8 Å². The Balaban J connectivity index is 1.37. The van der Waals surface area contributed by atoms with E-state index in [1.165, 1.54) is 0 Å². The molecule has 4 aromatic heterocycles. The number of nitrogens with one attached hydrogen (secondary N) is 1. The largest absolute Gasteiger partial charge is 0.464 e. The van der Waals surface area contributed by atoms with Gasteiger partial charge in [0, 0.05) is 16.8 Å². The van der Waals surface area contributed by atoms with Crippen molar-refractivity contribution in [1.29, 1.82) is 0 Å². The maximum atomic E-state index is 13.0. The highest BCUT2D eigenvalue weighted by molar-refractivity contribution is 6.30. The van der Waals surface area contributed by atoms with Crippen molar-refractivity contribution in [2.45, 2.75) is 33.9 Å². The van der Waals surface area contributed by atoms with E-state index in [0.717, 1.165) is 39.4 Å². The molecular formula is C25H23ClN6O2. The van der Waals surface area contributed by atoms with Crippen LogP contribution in [-0.2, 0) is 17.9 Å². The number of amides is 1. The molecule has 0 saturated heterocycles. The van der Waals surface area contributed by atoms with Crippen LogP contribution in [0.4, 0.5) is 5.69 Å². The molecule has 0 unspecified atom stereocenters. The zero-order valence-electron chi connectivity index (χ0n) is 19.0. The molecule has 5 aromatic rings. The van der Waals surface area contributed by atoms with Crippen LogP contribution < -0.4 is 5.32 Å². The SMILES string of the molecule is Cc1nn(Cc2ccc(Cl)cc2)c(C)c1NC(=O)Cn1nc(C)c2c(-c3ccco3)ccnc21.